The number of aromatic nitrogens is 2. The fraction of sp³-hybridized carbons (Fsp3) is 0.571. The van der Waals surface area contributed by atoms with Gasteiger partial charge in [0, 0.05) is 17.9 Å². The second-order valence-corrected chi connectivity index (χ2v) is 12.0. The molecule has 1 aliphatic heterocycles. The molecule has 254 valence electrons. The number of halogens is 2. The first-order valence-corrected chi connectivity index (χ1v) is 16.8. The minimum Gasteiger partial charge on any atom is -0.444 e. The maximum atomic E-state index is 14.6. The van der Waals surface area contributed by atoms with Gasteiger partial charge in [-0.15, -0.1) is 0 Å². The van der Waals surface area contributed by atoms with Crippen LogP contribution in [0.2, 0.25) is 5.02 Å². The molecule has 1 aromatic heterocycles. The Labute approximate surface area is 275 Å². The number of nitrogens with zero attached hydrogens (tertiary/aromatic N) is 2. The number of benzene rings is 1. The fourth-order valence-corrected chi connectivity index (χ4v) is 5.32. The highest BCUT2D eigenvalue weighted by Crippen LogP contribution is 2.30. The predicted octanol–water partition coefficient (Wildman–Crippen LogP) is 6.98. The van der Waals surface area contributed by atoms with Gasteiger partial charge in [-0.25, -0.2) is 9.36 Å². The number of rotatable bonds is 21. The third-order valence-corrected chi connectivity index (χ3v) is 8.14. The van der Waals surface area contributed by atoms with Gasteiger partial charge >= 0.3 is 11.7 Å². The SMILES string of the molecule is CCCCC/C=C\C/C=C\CCCCCCCC(=O)OCn1c(=O)c(F)cn([C@H]2C[C@H](OCc3ccc(Cl)cc3)[C@@H](CO)O2)c1=O. The first-order chi connectivity index (χ1) is 22.3. The van der Waals surface area contributed by atoms with Gasteiger partial charge in [0.1, 0.15) is 12.3 Å². The van der Waals surface area contributed by atoms with E-state index in [0.717, 1.165) is 61.3 Å². The van der Waals surface area contributed by atoms with E-state index in [0.29, 0.717) is 16.0 Å². The molecule has 0 saturated carbocycles. The topological polar surface area (TPSA) is 109 Å². The summed E-state index contributed by atoms with van der Waals surface area (Å²) in [5.74, 6) is -1.76. The Morgan fingerprint density at radius 1 is 1.02 bits per heavy atom. The number of unbranched alkanes of at least 4 members (excludes halogenated alkanes) is 8. The monoisotopic (exact) mass is 662 g/mol. The summed E-state index contributed by atoms with van der Waals surface area (Å²) in [6.07, 6.45) is 19.2. The summed E-state index contributed by atoms with van der Waals surface area (Å²) >= 11 is 5.92. The van der Waals surface area contributed by atoms with Gasteiger partial charge < -0.3 is 19.3 Å². The van der Waals surface area contributed by atoms with Crippen molar-refractivity contribution in [1.29, 1.82) is 0 Å². The van der Waals surface area contributed by atoms with Gasteiger partial charge in [-0.2, -0.15) is 4.39 Å². The van der Waals surface area contributed by atoms with Crippen molar-refractivity contribution in [3.63, 3.8) is 0 Å². The van der Waals surface area contributed by atoms with Crippen LogP contribution >= 0.6 is 11.6 Å². The van der Waals surface area contributed by atoms with E-state index in [9.17, 15) is 23.9 Å². The summed E-state index contributed by atoms with van der Waals surface area (Å²) in [5.41, 5.74) is -1.24. The number of aliphatic hydroxyl groups excluding tert-OH is 1. The molecule has 1 aromatic carbocycles. The molecule has 1 aliphatic rings. The lowest BCUT2D eigenvalue weighted by molar-refractivity contribution is -0.148. The van der Waals surface area contributed by atoms with E-state index in [1.807, 2.05) is 0 Å². The molecule has 0 bridgehead atoms. The zero-order valence-electron chi connectivity index (χ0n) is 26.8. The number of carbonyl (C=O) groups excluding carboxylic acids is 1. The van der Waals surface area contributed by atoms with E-state index < -0.39 is 48.2 Å². The highest BCUT2D eigenvalue weighted by atomic mass is 35.5. The van der Waals surface area contributed by atoms with Crippen molar-refractivity contribution in [2.45, 2.75) is 122 Å². The molecule has 9 nitrogen and oxygen atoms in total. The van der Waals surface area contributed by atoms with Crippen molar-refractivity contribution >= 4 is 17.6 Å². The Hall–Kier alpha value is -3.05. The number of carbonyl (C=O) groups is 1. The second-order valence-electron chi connectivity index (χ2n) is 11.5. The molecule has 3 rings (SSSR count). The van der Waals surface area contributed by atoms with Crippen LogP contribution in [0.5, 0.6) is 0 Å². The van der Waals surface area contributed by atoms with E-state index in [2.05, 4.69) is 31.2 Å². The van der Waals surface area contributed by atoms with Gasteiger partial charge in [0.05, 0.1) is 25.5 Å². The van der Waals surface area contributed by atoms with Crippen LogP contribution < -0.4 is 11.2 Å². The van der Waals surface area contributed by atoms with E-state index in [4.69, 9.17) is 25.8 Å². The summed E-state index contributed by atoms with van der Waals surface area (Å²) in [6, 6.07) is 7.06. The largest absolute Gasteiger partial charge is 0.444 e. The van der Waals surface area contributed by atoms with Crippen molar-refractivity contribution in [1.82, 2.24) is 9.13 Å². The van der Waals surface area contributed by atoms with Crippen molar-refractivity contribution in [3.05, 3.63) is 92.0 Å². The smallest absolute Gasteiger partial charge is 0.336 e. The number of hydrogen-bond acceptors (Lipinski definition) is 7. The van der Waals surface area contributed by atoms with Crippen LogP contribution in [0.4, 0.5) is 4.39 Å². The number of ether oxygens (including phenoxy) is 3. The minimum atomic E-state index is -1.20. The maximum absolute atomic E-state index is 14.6. The molecular weight excluding hydrogens is 615 g/mol. The zero-order chi connectivity index (χ0) is 33.1. The number of aliphatic hydroxyl groups is 1. The molecule has 0 aliphatic carbocycles. The molecule has 1 saturated heterocycles. The standard InChI is InChI=1S/C35H48ClFN2O7/c1-2-3-4-5-6-7-8-9-10-11-12-13-14-15-16-17-33(41)45-26-39-34(42)29(37)23-38(35(39)43)32-22-30(31(24-40)46-32)44-25-27-18-20-28(36)21-19-27/h6-7,9-10,18-21,23,30-32,40H,2-5,8,11-17,22,24-26H2,1H3/b7-6-,10-9-/t30-,31+,32+/m0/s1. The summed E-state index contributed by atoms with van der Waals surface area (Å²) in [7, 11) is 0. The molecule has 3 atom stereocenters. The van der Waals surface area contributed by atoms with Crippen LogP contribution in [0.1, 0.15) is 102 Å². The van der Waals surface area contributed by atoms with Gasteiger partial charge in [-0.3, -0.25) is 14.2 Å². The molecule has 0 unspecified atom stereocenters. The second kappa shape index (κ2) is 20.9. The van der Waals surface area contributed by atoms with Crippen molar-refractivity contribution in [2.75, 3.05) is 6.61 Å². The van der Waals surface area contributed by atoms with Gasteiger partial charge in [0.15, 0.2) is 6.73 Å². The third-order valence-electron chi connectivity index (χ3n) is 7.89. The molecule has 2 aromatic rings. The predicted molar refractivity (Wildman–Crippen MR) is 176 cm³/mol. The van der Waals surface area contributed by atoms with Gasteiger partial charge in [-0.05, 0) is 56.2 Å². The van der Waals surface area contributed by atoms with Gasteiger partial charge in [0.25, 0.3) is 5.56 Å². The van der Waals surface area contributed by atoms with E-state index in [1.165, 1.54) is 19.3 Å². The lowest BCUT2D eigenvalue weighted by Gasteiger charge is -2.17. The normalized spacial score (nSPS) is 18.2. The quantitative estimate of drug-likeness (QED) is 0.0873. The maximum Gasteiger partial charge on any atom is 0.336 e. The Balaban J connectivity index is 1.39. The molecule has 2 heterocycles. The van der Waals surface area contributed by atoms with Gasteiger partial charge in [-0.1, -0.05) is 87.1 Å². The molecular formula is C35H48ClFN2O7. The van der Waals surface area contributed by atoms with Crippen molar-refractivity contribution in [3.8, 4) is 0 Å². The molecule has 0 amide bonds. The summed E-state index contributed by atoms with van der Waals surface area (Å²) < 4.78 is 32.9. The van der Waals surface area contributed by atoms with Crippen LogP contribution in [0.15, 0.2) is 64.4 Å². The molecule has 0 radical (unpaired) electrons. The van der Waals surface area contributed by atoms with Crippen molar-refractivity contribution in [2.24, 2.45) is 0 Å². The molecule has 1 N–H and O–H groups in total. The Morgan fingerprint density at radius 2 is 1.70 bits per heavy atom. The Morgan fingerprint density at radius 3 is 2.39 bits per heavy atom. The number of hydrogen-bond donors (Lipinski definition) is 1. The minimum absolute atomic E-state index is 0.128. The van der Waals surface area contributed by atoms with Gasteiger partial charge in [0.2, 0.25) is 5.82 Å². The average molecular weight is 663 g/mol. The van der Waals surface area contributed by atoms with E-state index >= 15 is 0 Å². The Kier molecular flexibility index (Phi) is 17.0. The summed E-state index contributed by atoms with van der Waals surface area (Å²) in [6.45, 7) is 1.33. The third kappa shape index (κ3) is 12.6. The molecule has 0 spiro atoms. The van der Waals surface area contributed by atoms with E-state index in [1.54, 1.807) is 24.3 Å². The van der Waals surface area contributed by atoms with Crippen LogP contribution in [0.25, 0.3) is 0 Å². The first kappa shape index (κ1) is 37.4. The first-order valence-electron chi connectivity index (χ1n) is 16.4. The summed E-state index contributed by atoms with van der Waals surface area (Å²) in [5, 5.41) is 10.4. The molecule has 46 heavy (non-hydrogen) atoms. The van der Waals surface area contributed by atoms with E-state index in [-0.39, 0.29) is 26.1 Å². The van der Waals surface area contributed by atoms with Crippen LogP contribution in [0, 0.1) is 5.82 Å². The van der Waals surface area contributed by atoms with Crippen LogP contribution in [-0.4, -0.2) is 39.0 Å². The number of esters is 1. The van der Waals surface area contributed by atoms with Crippen LogP contribution in [-0.2, 0) is 32.3 Å². The number of allylic oxidation sites excluding steroid dienone is 4. The lowest BCUT2D eigenvalue weighted by Crippen LogP contribution is -2.43. The Bertz CT molecular complexity index is 1370. The van der Waals surface area contributed by atoms with Crippen LogP contribution in [0.3, 0.4) is 0 Å². The average Bonchev–Trinajstić information content (AvgIpc) is 3.47. The van der Waals surface area contributed by atoms with Crippen molar-refractivity contribution < 1.29 is 28.5 Å². The molecule has 11 heteroatoms. The fourth-order valence-electron chi connectivity index (χ4n) is 5.19. The zero-order valence-corrected chi connectivity index (χ0v) is 27.5. The highest BCUT2D eigenvalue weighted by Gasteiger charge is 2.37. The highest BCUT2D eigenvalue weighted by molar-refractivity contribution is 6.30. The lowest BCUT2D eigenvalue weighted by atomic mass is 10.1. The molecule has 1 fully saturated rings. The summed E-state index contributed by atoms with van der Waals surface area (Å²) in [4.78, 5) is 37.8.